The maximum Gasteiger partial charge on any atom is 0.417 e. The minimum Gasteiger partial charge on any atom is -0.439 e. The van der Waals surface area contributed by atoms with Crippen molar-refractivity contribution in [3.8, 4) is 11.6 Å². The van der Waals surface area contributed by atoms with E-state index in [1.165, 1.54) is 6.07 Å². The number of fused-ring (bicyclic) bond motifs is 1. The van der Waals surface area contributed by atoms with Crippen LogP contribution in [0, 0.1) is 5.41 Å². The van der Waals surface area contributed by atoms with Gasteiger partial charge in [-0.1, -0.05) is 6.07 Å². The molecule has 2 aliphatic heterocycles. The summed E-state index contributed by atoms with van der Waals surface area (Å²) in [6, 6.07) is 10.6. The monoisotopic (exact) mass is 443 g/mol. The molecule has 0 bridgehead atoms. The smallest absolute Gasteiger partial charge is 0.417 e. The zero-order valence-electron chi connectivity index (χ0n) is 17.1. The first-order chi connectivity index (χ1) is 15.3. The molecule has 0 radical (unpaired) electrons. The lowest BCUT2D eigenvalue weighted by Gasteiger charge is -2.51. The van der Waals surface area contributed by atoms with Crippen LogP contribution in [0.3, 0.4) is 0 Å². The van der Waals surface area contributed by atoms with Crippen LogP contribution in [-0.2, 0) is 10.9 Å². The molecule has 0 N–H and O–H groups in total. The van der Waals surface area contributed by atoms with Crippen molar-refractivity contribution in [2.45, 2.75) is 19.0 Å². The molecule has 1 spiro atoms. The molecule has 166 valence electrons. The molecule has 0 unspecified atom stereocenters. The Morgan fingerprint density at radius 3 is 2.66 bits per heavy atom. The van der Waals surface area contributed by atoms with Crippen LogP contribution in [0.15, 0.2) is 48.7 Å². The maximum absolute atomic E-state index is 12.8. The summed E-state index contributed by atoms with van der Waals surface area (Å²) in [6.45, 7) is 2.89. The number of likely N-dealkylation sites (tertiary alicyclic amines) is 1. The third-order valence-corrected chi connectivity index (χ3v) is 5.91. The number of nitrogens with zero attached hydrogens (tertiary/aromatic N) is 3. The minimum atomic E-state index is -4.45. The fourth-order valence-electron chi connectivity index (χ4n) is 4.24. The molecule has 0 atom stereocenters. The molecule has 2 aliphatic rings. The molecule has 3 aromatic rings. The van der Waals surface area contributed by atoms with E-state index in [1.54, 1.807) is 35.2 Å². The second-order valence-corrected chi connectivity index (χ2v) is 8.35. The second-order valence-electron chi connectivity index (χ2n) is 8.35. The molecule has 5 rings (SSSR count). The zero-order chi connectivity index (χ0) is 22.3. The van der Waals surface area contributed by atoms with Crippen molar-refractivity contribution in [2.75, 3.05) is 26.3 Å². The fourth-order valence-corrected chi connectivity index (χ4v) is 4.24. The number of pyridine rings is 2. The molecule has 2 fully saturated rings. The van der Waals surface area contributed by atoms with Gasteiger partial charge in [0.15, 0.2) is 0 Å². The predicted molar refractivity (Wildman–Crippen MR) is 109 cm³/mol. The summed E-state index contributed by atoms with van der Waals surface area (Å²) in [5.74, 6) is 0.362. The summed E-state index contributed by atoms with van der Waals surface area (Å²) in [5.41, 5.74) is 0.263. The van der Waals surface area contributed by atoms with Crippen molar-refractivity contribution in [1.29, 1.82) is 0 Å². The van der Waals surface area contributed by atoms with Gasteiger partial charge in [0, 0.05) is 42.8 Å². The standard InChI is InChI=1S/C23H20F3N3O3/c24-23(25,26)16-3-7-20(27-11-16)32-17-4-6-18-15(10-17)2-5-19(28-18)21(30)29-12-22(13-29)8-1-9-31-14-22/h2-7,10-11H,1,8-9,12-14H2. The number of aromatic nitrogens is 2. The minimum absolute atomic E-state index is 0.0514. The van der Waals surface area contributed by atoms with Gasteiger partial charge in [0.1, 0.15) is 11.4 Å². The maximum atomic E-state index is 12.8. The number of alkyl halides is 3. The van der Waals surface area contributed by atoms with Crippen molar-refractivity contribution in [2.24, 2.45) is 5.41 Å². The van der Waals surface area contributed by atoms with E-state index < -0.39 is 11.7 Å². The Balaban J connectivity index is 1.28. The molecule has 0 aliphatic carbocycles. The number of carbonyl (C=O) groups is 1. The highest BCUT2D eigenvalue weighted by molar-refractivity contribution is 5.95. The van der Waals surface area contributed by atoms with Gasteiger partial charge < -0.3 is 14.4 Å². The van der Waals surface area contributed by atoms with E-state index in [0.717, 1.165) is 37.1 Å². The lowest BCUT2D eigenvalue weighted by atomic mass is 9.75. The van der Waals surface area contributed by atoms with Crippen LogP contribution in [0.25, 0.3) is 10.9 Å². The first-order valence-electron chi connectivity index (χ1n) is 10.3. The summed E-state index contributed by atoms with van der Waals surface area (Å²) in [5, 5.41) is 0.742. The number of rotatable bonds is 3. The van der Waals surface area contributed by atoms with Gasteiger partial charge in [-0.2, -0.15) is 13.2 Å². The molecule has 9 heteroatoms. The number of hydrogen-bond acceptors (Lipinski definition) is 5. The molecule has 4 heterocycles. The van der Waals surface area contributed by atoms with Crippen molar-refractivity contribution in [3.05, 3.63) is 59.9 Å². The Labute approximate surface area is 182 Å². The highest BCUT2D eigenvalue weighted by atomic mass is 19.4. The third-order valence-electron chi connectivity index (χ3n) is 5.91. The van der Waals surface area contributed by atoms with Crippen LogP contribution in [0.5, 0.6) is 11.6 Å². The largest absolute Gasteiger partial charge is 0.439 e. The molecule has 6 nitrogen and oxygen atoms in total. The number of benzene rings is 1. The van der Waals surface area contributed by atoms with Crippen molar-refractivity contribution in [1.82, 2.24) is 14.9 Å². The van der Waals surface area contributed by atoms with Gasteiger partial charge >= 0.3 is 6.18 Å². The Morgan fingerprint density at radius 2 is 1.97 bits per heavy atom. The van der Waals surface area contributed by atoms with E-state index in [-0.39, 0.29) is 17.2 Å². The number of amides is 1. The van der Waals surface area contributed by atoms with Crippen LogP contribution in [0.4, 0.5) is 13.2 Å². The molecule has 2 aromatic heterocycles. The Morgan fingerprint density at radius 1 is 1.12 bits per heavy atom. The highest BCUT2D eigenvalue weighted by Gasteiger charge is 2.46. The van der Waals surface area contributed by atoms with Gasteiger partial charge in [-0.3, -0.25) is 4.79 Å². The van der Waals surface area contributed by atoms with Crippen LogP contribution in [0.1, 0.15) is 28.9 Å². The average molecular weight is 443 g/mol. The van der Waals surface area contributed by atoms with Gasteiger partial charge in [0.05, 0.1) is 17.7 Å². The average Bonchev–Trinajstić information content (AvgIpc) is 2.77. The van der Waals surface area contributed by atoms with Gasteiger partial charge in [0.2, 0.25) is 5.88 Å². The SMILES string of the molecule is O=C(c1ccc2cc(Oc3ccc(C(F)(F)F)cn3)ccc2n1)N1CC2(CCCOC2)C1. The first-order valence-corrected chi connectivity index (χ1v) is 10.3. The molecular weight excluding hydrogens is 423 g/mol. The van der Waals surface area contributed by atoms with Gasteiger partial charge in [-0.25, -0.2) is 9.97 Å². The third kappa shape index (κ3) is 4.00. The summed E-state index contributed by atoms with van der Waals surface area (Å²) < 4.78 is 49.1. The van der Waals surface area contributed by atoms with E-state index in [0.29, 0.717) is 36.7 Å². The van der Waals surface area contributed by atoms with Gasteiger partial charge in [-0.05, 0) is 43.2 Å². The Hall–Kier alpha value is -3.20. The number of halogens is 3. The van der Waals surface area contributed by atoms with Crippen molar-refractivity contribution >= 4 is 16.8 Å². The summed E-state index contributed by atoms with van der Waals surface area (Å²) in [7, 11) is 0. The number of ether oxygens (including phenoxy) is 2. The molecule has 2 saturated heterocycles. The topological polar surface area (TPSA) is 64.5 Å². The normalized spacial score (nSPS) is 17.9. The van der Waals surface area contributed by atoms with E-state index in [9.17, 15) is 18.0 Å². The van der Waals surface area contributed by atoms with E-state index in [2.05, 4.69) is 9.97 Å². The van der Waals surface area contributed by atoms with Crippen molar-refractivity contribution in [3.63, 3.8) is 0 Å². The molecule has 1 aromatic carbocycles. The summed E-state index contributed by atoms with van der Waals surface area (Å²) >= 11 is 0. The molecular formula is C23H20F3N3O3. The van der Waals surface area contributed by atoms with E-state index >= 15 is 0 Å². The van der Waals surface area contributed by atoms with E-state index in [1.807, 2.05) is 0 Å². The molecule has 1 amide bonds. The van der Waals surface area contributed by atoms with Crippen LogP contribution >= 0.6 is 0 Å². The highest BCUT2D eigenvalue weighted by Crippen LogP contribution is 2.38. The summed E-state index contributed by atoms with van der Waals surface area (Å²) in [6.07, 6.45) is -1.60. The quantitative estimate of drug-likeness (QED) is 0.588. The Kier molecular flexibility index (Phi) is 5.00. The van der Waals surface area contributed by atoms with Gasteiger partial charge in [0.25, 0.3) is 5.91 Å². The predicted octanol–water partition coefficient (Wildman–Crippen LogP) is 4.69. The lowest BCUT2D eigenvalue weighted by Crippen LogP contribution is -2.61. The lowest BCUT2D eigenvalue weighted by molar-refractivity contribution is -0.137. The van der Waals surface area contributed by atoms with Crippen LogP contribution < -0.4 is 4.74 Å². The zero-order valence-corrected chi connectivity index (χ0v) is 17.1. The first kappa shape index (κ1) is 20.7. The molecule has 32 heavy (non-hydrogen) atoms. The fraction of sp³-hybridized carbons (Fsp3) is 0.348. The van der Waals surface area contributed by atoms with E-state index in [4.69, 9.17) is 9.47 Å². The van der Waals surface area contributed by atoms with Crippen LogP contribution in [0.2, 0.25) is 0 Å². The second kappa shape index (κ2) is 7.74. The molecule has 0 saturated carbocycles. The number of hydrogen-bond donors (Lipinski definition) is 0. The number of carbonyl (C=O) groups excluding carboxylic acids is 1. The summed E-state index contributed by atoms with van der Waals surface area (Å²) in [4.78, 5) is 22.8. The van der Waals surface area contributed by atoms with Crippen molar-refractivity contribution < 1.29 is 27.4 Å². The van der Waals surface area contributed by atoms with Gasteiger partial charge in [-0.15, -0.1) is 0 Å². The van der Waals surface area contributed by atoms with Crippen LogP contribution in [-0.4, -0.2) is 47.1 Å². The Bertz CT molecular complexity index is 1150.